The SMILES string of the molecule is O=C(NCCCC1CCS(=O)(=O)C1)c1ccc(C(F)(F)F)cc1. The van der Waals surface area contributed by atoms with Gasteiger partial charge in [-0.05, 0) is 49.4 Å². The fraction of sp³-hybridized carbons (Fsp3) is 0.533. The minimum Gasteiger partial charge on any atom is -0.352 e. The standard InChI is InChI=1S/C15H18F3NO3S/c16-15(17,18)13-5-3-12(4-6-13)14(20)19-8-1-2-11-7-9-23(21,22)10-11/h3-6,11H,1-2,7-10H2,(H,19,20). The van der Waals surface area contributed by atoms with Gasteiger partial charge in [0.05, 0.1) is 17.1 Å². The predicted octanol–water partition coefficient (Wildman–Crippen LogP) is 2.65. The molecular formula is C15H18F3NO3S. The molecule has 1 amide bonds. The third-order valence-electron chi connectivity index (χ3n) is 3.88. The van der Waals surface area contributed by atoms with Gasteiger partial charge >= 0.3 is 6.18 Å². The molecule has 1 atom stereocenters. The number of carbonyl (C=O) groups is 1. The lowest BCUT2D eigenvalue weighted by Crippen LogP contribution is -2.25. The Hall–Kier alpha value is -1.57. The van der Waals surface area contributed by atoms with Gasteiger partial charge in [-0.2, -0.15) is 13.2 Å². The van der Waals surface area contributed by atoms with Crippen LogP contribution in [0.15, 0.2) is 24.3 Å². The summed E-state index contributed by atoms with van der Waals surface area (Å²) in [5.74, 6) is 0.149. The van der Waals surface area contributed by atoms with Crippen LogP contribution in [0.25, 0.3) is 0 Å². The van der Waals surface area contributed by atoms with E-state index in [0.29, 0.717) is 25.8 Å². The van der Waals surface area contributed by atoms with Gasteiger partial charge in [-0.1, -0.05) is 0 Å². The molecule has 1 aromatic rings. The van der Waals surface area contributed by atoms with E-state index in [9.17, 15) is 26.4 Å². The summed E-state index contributed by atoms with van der Waals surface area (Å²) in [6.07, 6.45) is -2.40. The highest BCUT2D eigenvalue weighted by Gasteiger charge is 2.30. The monoisotopic (exact) mass is 349 g/mol. The van der Waals surface area contributed by atoms with Crippen LogP contribution in [0, 0.1) is 5.92 Å². The van der Waals surface area contributed by atoms with Crippen molar-refractivity contribution >= 4 is 15.7 Å². The van der Waals surface area contributed by atoms with Gasteiger partial charge in [-0.15, -0.1) is 0 Å². The lowest BCUT2D eigenvalue weighted by atomic mass is 10.0. The van der Waals surface area contributed by atoms with E-state index >= 15 is 0 Å². The first-order chi connectivity index (χ1) is 10.7. The molecule has 23 heavy (non-hydrogen) atoms. The molecule has 1 aliphatic rings. The lowest BCUT2D eigenvalue weighted by molar-refractivity contribution is -0.137. The van der Waals surface area contributed by atoms with Crippen molar-refractivity contribution in [2.75, 3.05) is 18.1 Å². The summed E-state index contributed by atoms with van der Waals surface area (Å²) < 4.78 is 59.9. The Balaban J connectivity index is 1.75. The van der Waals surface area contributed by atoms with Gasteiger partial charge in [0, 0.05) is 12.1 Å². The lowest BCUT2D eigenvalue weighted by Gasteiger charge is -2.10. The molecule has 1 N–H and O–H groups in total. The largest absolute Gasteiger partial charge is 0.416 e. The Bertz CT molecular complexity index is 654. The first-order valence-corrected chi connectivity index (χ1v) is 9.15. The fourth-order valence-electron chi connectivity index (χ4n) is 2.60. The quantitative estimate of drug-likeness (QED) is 0.831. The van der Waals surface area contributed by atoms with Gasteiger partial charge in [0.15, 0.2) is 9.84 Å². The maximum Gasteiger partial charge on any atom is 0.416 e. The van der Waals surface area contributed by atoms with Crippen LogP contribution >= 0.6 is 0 Å². The van der Waals surface area contributed by atoms with Gasteiger partial charge in [-0.3, -0.25) is 4.79 Å². The highest BCUT2D eigenvalue weighted by molar-refractivity contribution is 7.91. The first kappa shape index (κ1) is 17.8. The summed E-state index contributed by atoms with van der Waals surface area (Å²) >= 11 is 0. The van der Waals surface area contributed by atoms with E-state index in [2.05, 4.69) is 5.32 Å². The summed E-state index contributed by atoms with van der Waals surface area (Å²) in [6, 6.07) is 4.03. The van der Waals surface area contributed by atoms with Gasteiger partial charge in [0.2, 0.25) is 0 Å². The number of amides is 1. The van der Waals surface area contributed by atoms with Crippen LogP contribution in [-0.4, -0.2) is 32.4 Å². The summed E-state index contributed by atoms with van der Waals surface area (Å²) in [7, 11) is -2.89. The minimum absolute atomic E-state index is 0.142. The Morgan fingerprint density at radius 1 is 1.22 bits per heavy atom. The number of sulfone groups is 1. The molecule has 0 saturated carbocycles. The van der Waals surface area contributed by atoms with Crippen LogP contribution in [0.3, 0.4) is 0 Å². The molecule has 8 heteroatoms. The van der Waals surface area contributed by atoms with Crippen molar-refractivity contribution in [2.45, 2.75) is 25.4 Å². The molecule has 1 unspecified atom stereocenters. The van der Waals surface area contributed by atoms with E-state index in [-0.39, 0.29) is 23.0 Å². The second-order valence-corrected chi connectivity index (χ2v) is 7.97. The van der Waals surface area contributed by atoms with E-state index in [1.54, 1.807) is 0 Å². The van der Waals surface area contributed by atoms with Crippen molar-refractivity contribution in [1.29, 1.82) is 0 Å². The molecule has 1 aromatic carbocycles. The second kappa shape index (κ2) is 6.90. The second-order valence-electron chi connectivity index (χ2n) is 5.74. The molecule has 4 nitrogen and oxygen atoms in total. The van der Waals surface area contributed by atoms with Crippen molar-refractivity contribution in [1.82, 2.24) is 5.32 Å². The summed E-state index contributed by atoms with van der Waals surface area (Å²) in [4.78, 5) is 11.8. The van der Waals surface area contributed by atoms with Crippen LogP contribution in [0.4, 0.5) is 13.2 Å². The maximum absolute atomic E-state index is 12.4. The number of hydrogen-bond acceptors (Lipinski definition) is 3. The molecule has 0 bridgehead atoms. The fourth-order valence-corrected chi connectivity index (χ4v) is 4.52. The summed E-state index contributed by atoms with van der Waals surface area (Å²) in [6.45, 7) is 0.371. The van der Waals surface area contributed by atoms with Crippen LogP contribution in [0.1, 0.15) is 35.2 Å². The topological polar surface area (TPSA) is 63.2 Å². The molecule has 1 saturated heterocycles. The van der Waals surface area contributed by atoms with Crippen LogP contribution in [0.2, 0.25) is 0 Å². The number of halogens is 3. The van der Waals surface area contributed by atoms with Crippen LogP contribution < -0.4 is 5.32 Å². The minimum atomic E-state index is -4.42. The van der Waals surface area contributed by atoms with E-state index < -0.39 is 27.5 Å². The van der Waals surface area contributed by atoms with Gasteiger partial charge in [0.25, 0.3) is 5.91 Å². The molecular weight excluding hydrogens is 331 g/mol. The highest BCUT2D eigenvalue weighted by atomic mass is 32.2. The van der Waals surface area contributed by atoms with Crippen LogP contribution in [-0.2, 0) is 16.0 Å². The van der Waals surface area contributed by atoms with Gasteiger partial charge in [0.1, 0.15) is 0 Å². The molecule has 2 rings (SSSR count). The van der Waals surface area contributed by atoms with E-state index in [1.807, 2.05) is 0 Å². The molecule has 0 spiro atoms. The molecule has 0 radical (unpaired) electrons. The predicted molar refractivity (Wildman–Crippen MR) is 79.8 cm³/mol. The highest BCUT2D eigenvalue weighted by Crippen LogP contribution is 2.29. The normalized spacial score (nSPS) is 20.4. The Morgan fingerprint density at radius 3 is 2.39 bits per heavy atom. The summed E-state index contributed by atoms with van der Waals surface area (Å²) in [5.41, 5.74) is -0.627. The number of hydrogen-bond donors (Lipinski definition) is 1. The van der Waals surface area contributed by atoms with Crippen molar-refractivity contribution in [3.8, 4) is 0 Å². The summed E-state index contributed by atoms with van der Waals surface area (Å²) in [5, 5.41) is 2.63. The average Bonchev–Trinajstić information content (AvgIpc) is 2.82. The molecule has 0 aliphatic carbocycles. The molecule has 0 aromatic heterocycles. The first-order valence-electron chi connectivity index (χ1n) is 7.33. The molecule has 1 aliphatic heterocycles. The van der Waals surface area contributed by atoms with Gasteiger partial charge in [-0.25, -0.2) is 8.42 Å². The van der Waals surface area contributed by atoms with Crippen LogP contribution in [0.5, 0.6) is 0 Å². The van der Waals surface area contributed by atoms with Crippen molar-refractivity contribution < 1.29 is 26.4 Å². The van der Waals surface area contributed by atoms with Crippen molar-refractivity contribution in [3.63, 3.8) is 0 Å². The molecule has 1 fully saturated rings. The maximum atomic E-state index is 12.4. The average molecular weight is 349 g/mol. The zero-order valence-electron chi connectivity index (χ0n) is 12.4. The third kappa shape index (κ3) is 5.23. The number of rotatable bonds is 5. The molecule has 128 valence electrons. The number of carbonyl (C=O) groups excluding carboxylic acids is 1. The number of alkyl halides is 3. The number of nitrogens with one attached hydrogen (secondary N) is 1. The van der Waals surface area contributed by atoms with Gasteiger partial charge < -0.3 is 5.32 Å². The Labute approximate surface area is 133 Å². The number of benzene rings is 1. The third-order valence-corrected chi connectivity index (χ3v) is 5.71. The Kier molecular flexibility index (Phi) is 5.33. The Morgan fingerprint density at radius 2 is 1.87 bits per heavy atom. The van der Waals surface area contributed by atoms with E-state index in [4.69, 9.17) is 0 Å². The van der Waals surface area contributed by atoms with E-state index in [1.165, 1.54) is 0 Å². The van der Waals surface area contributed by atoms with Crippen molar-refractivity contribution in [3.05, 3.63) is 35.4 Å². The molecule has 1 heterocycles. The zero-order valence-corrected chi connectivity index (χ0v) is 13.2. The van der Waals surface area contributed by atoms with Crippen molar-refractivity contribution in [2.24, 2.45) is 5.92 Å². The van der Waals surface area contributed by atoms with E-state index in [0.717, 1.165) is 24.3 Å². The zero-order chi connectivity index (χ0) is 17.1. The smallest absolute Gasteiger partial charge is 0.352 e.